The lowest BCUT2D eigenvalue weighted by molar-refractivity contribution is -0.142. The maximum absolute atomic E-state index is 13.0. The van der Waals surface area contributed by atoms with Crippen LogP contribution in [0.15, 0.2) is 24.6 Å². The highest BCUT2D eigenvalue weighted by Gasteiger charge is 2.54. The zero-order chi connectivity index (χ0) is 13.3. The zero-order valence-electron chi connectivity index (χ0n) is 8.88. The molecule has 1 heterocycles. The Morgan fingerprint density at radius 1 is 1.41 bits per heavy atom. The Hall–Kier alpha value is -1.28. The maximum Gasteiger partial charge on any atom is 0.447 e. The van der Waals surface area contributed by atoms with Gasteiger partial charge in [0.2, 0.25) is 0 Å². The SMILES string of the molecule is CCC1C=CN(C(=O)C(F)(F)S(=O)(=O)O)C=C1. The van der Waals surface area contributed by atoms with Crippen LogP contribution in [0.3, 0.4) is 0 Å². The smallest absolute Gasteiger partial charge is 0.289 e. The van der Waals surface area contributed by atoms with Gasteiger partial charge in [0.25, 0.3) is 0 Å². The summed E-state index contributed by atoms with van der Waals surface area (Å²) in [6.45, 7) is 1.86. The van der Waals surface area contributed by atoms with Gasteiger partial charge in [0.05, 0.1) is 0 Å². The molecule has 0 aromatic carbocycles. The summed E-state index contributed by atoms with van der Waals surface area (Å²) in [7, 11) is -5.76. The monoisotopic (exact) mass is 267 g/mol. The average molecular weight is 267 g/mol. The Balaban J connectivity index is 2.91. The largest absolute Gasteiger partial charge is 0.447 e. The summed E-state index contributed by atoms with van der Waals surface area (Å²) in [4.78, 5) is 11.6. The third kappa shape index (κ3) is 2.70. The van der Waals surface area contributed by atoms with E-state index in [0.717, 1.165) is 18.8 Å². The van der Waals surface area contributed by atoms with Crippen molar-refractivity contribution in [3.63, 3.8) is 0 Å². The van der Waals surface area contributed by atoms with Crippen molar-refractivity contribution in [2.24, 2.45) is 5.92 Å². The number of hydrogen-bond donors (Lipinski definition) is 1. The lowest BCUT2D eigenvalue weighted by Gasteiger charge is -2.22. The Morgan fingerprint density at radius 2 is 1.88 bits per heavy atom. The number of rotatable bonds is 3. The molecule has 0 saturated carbocycles. The zero-order valence-corrected chi connectivity index (χ0v) is 9.69. The van der Waals surface area contributed by atoms with E-state index < -0.39 is 21.3 Å². The van der Waals surface area contributed by atoms with Crippen LogP contribution in [-0.2, 0) is 14.9 Å². The van der Waals surface area contributed by atoms with E-state index in [1.54, 1.807) is 0 Å². The molecule has 1 amide bonds. The van der Waals surface area contributed by atoms with E-state index >= 15 is 0 Å². The highest BCUT2D eigenvalue weighted by molar-refractivity contribution is 7.87. The number of alkyl halides is 2. The molecule has 8 heteroatoms. The summed E-state index contributed by atoms with van der Waals surface area (Å²) in [6.07, 6.45) is 5.80. The molecule has 0 aromatic heterocycles. The van der Waals surface area contributed by atoms with Crippen LogP contribution in [0.5, 0.6) is 0 Å². The fraction of sp³-hybridized carbons (Fsp3) is 0.444. The quantitative estimate of drug-likeness (QED) is 0.783. The van der Waals surface area contributed by atoms with Crippen molar-refractivity contribution in [2.75, 3.05) is 0 Å². The highest BCUT2D eigenvalue weighted by Crippen LogP contribution is 2.25. The molecular weight excluding hydrogens is 256 g/mol. The highest BCUT2D eigenvalue weighted by atomic mass is 32.2. The minimum atomic E-state index is -5.76. The normalized spacial score (nSPS) is 17.5. The van der Waals surface area contributed by atoms with Gasteiger partial charge in [-0.2, -0.15) is 17.2 Å². The van der Waals surface area contributed by atoms with Gasteiger partial charge in [0, 0.05) is 12.4 Å². The van der Waals surface area contributed by atoms with Gasteiger partial charge in [-0.1, -0.05) is 19.1 Å². The van der Waals surface area contributed by atoms with E-state index in [1.807, 2.05) is 6.92 Å². The average Bonchev–Trinajstić information content (AvgIpc) is 2.26. The van der Waals surface area contributed by atoms with Gasteiger partial charge >= 0.3 is 21.3 Å². The van der Waals surface area contributed by atoms with Gasteiger partial charge < -0.3 is 0 Å². The van der Waals surface area contributed by atoms with Gasteiger partial charge in [-0.25, -0.2) is 0 Å². The first-order valence-corrected chi connectivity index (χ1v) is 6.18. The molecule has 5 nitrogen and oxygen atoms in total. The van der Waals surface area contributed by atoms with Crippen LogP contribution in [0.25, 0.3) is 0 Å². The third-order valence-electron chi connectivity index (χ3n) is 2.27. The molecular formula is C9H11F2NO4S. The maximum atomic E-state index is 13.0. The van der Waals surface area contributed by atoms with Gasteiger partial charge in [-0.05, 0) is 12.3 Å². The van der Waals surface area contributed by atoms with Crippen molar-refractivity contribution < 1.29 is 26.5 Å². The number of nitrogens with zero attached hydrogens (tertiary/aromatic N) is 1. The molecule has 17 heavy (non-hydrogen) atoms. The van der Waals surface area contributed by atoms with Gasteiger partial charge in [-0.15, -0.1) is 0 Å². The van der Waals surface area contributed by atoms with Crippen molar-refractivity contribution in [1.29, 1.82) is 0 Å². The van der Waals surface area contributed by atoms with E-state index in [-0.39, 0.29) is 5.92 Å². The second-order valence-electron chi connectivity index (χ2n) is 3.46. The molecule has 1 aliphatic heterocycles. The molecule has 0 unspecified atom stereocenters. The minimum Gasteiger partial charge on any atom is -0.289 e. The summed E-state index contributed by atoms with van der Waals surface area (Å²) >= 11 is 0. The predicted molar refractivity (Wildman–Crippen MR) is 55.4 cm³/mol. The van der Waals surface area contributed by atoms with E-state index in [1.165, 1.54) is 12.2 Å². The van der Waals surface area contributed by atoms with Crippen LogP contribution in [0.4, 0.5) is 8.78 Å². The van der Waals surface area contributed by atoms with Crippen molar-refractivity contribution in [3.8, 4) is 0 Å². The van der Waals surface area contributed by atoms with Crippen LogP contribution in [-0.4, -0.2) is 29.0 Å². The number of carbonyl (C=O) groups is 1. The Bertz CT molecular complexity index is 455. The van der Waals surface area contributed by atoms with E-state index in [2.05, 4.69) is 0 Å². The van der Waals surface area contributed by atoms with Crippen LogP contribution in [0, 0.1) is 5.92 Å². The number of allylic oxidation sites excluding steroid dienone is 2. The van der Waals surface area contributed by atoms with Gasteiger partial charge in [0.1, 0.15) is 0 Å². The first-order valence-electron chi connectivity index (χ1n) is 4.74. The van der Waals surface area contributed by atoms with Crippen LogP contribution >= 0.6 is 0 Å². The number of hydrogen-bond acceptors (Lipinski definition) is 3. The first kappa shape index (κ1) is 13.8. The molecule has 0 radical (unpaired) electrons. The summed E-state index contributed by atoms with van der Waals surface area (Å²) in [5.74, 6) is -2.00. The first-order chi connectivity index (χ1) is 7.70. The summed E-state index contributed by atoms with van der Waals surface area (Å²) in [5.41, 5.74) is 0. The Labute approximate surface area is 97.2 Å². The summed E-state index contributed by atoms with van der Waals surface area (Å²) in [6, 6.07) is 0. The van der Waals surface area contributed by atoms with Crippen molar-refractivity contribution in [1.82, 2.24) is 4.90 Å². The number of halogens is 2. The summed E-state index contributed by atoms with van der Waals surface area (Å²) in [5, 5.41) is -4.85. The van der Waals surface area contributed by atoms with Crippen molar-refractivity contribution in [3.05, 3.63) is 24.6 Å². The molecule has 1 rings (SSSR count). The second kappa shape index (κ2) is 4.53. The fourth-order valence-electron chi connectivity index (χ4n) is 1.19. The lowest BCUT2D eigenvalue weighted by Crippen LogP contribution is -2.44. The molecule has 0 fully saturated rings. The topological polar surface area (TPSA) is 74.7 Å². The van der Waals surface area contributed by atoms with E-state index in [4.69, 9.17) is 4.55 Å². The third-order valence-corrected chi connectivity index (χ3v) is 3.09. The molecule has 0 atom stereocenters. The molecule has 0 saturated heterocycles. The van der Waals surface area contributed by atoms with Gasteiger partial charge in [0.15, 0.2) is 0 Å². The molecule has 96 valence electrons. The molecule has 1 N–H and O–H groups in total. The van der Waals surface area contributed by atoms with Crippen LogP contribution in [0.1, 0.15) is 13.3 Å². The van der Waals surface area contributed by atoms with E-state index in [0.29, 0.717) is 4.90 Å². The minimum absolute atomic E-state index is 0.0124. The van der Waals surface area contributed by atoms with Crippen molar-refractivity contribution in [2.45, 2.75) is 18.6 Å². The Morgan fingerprint density at radius 3 is 2.24 bits per heavy atom. The molecule has 0 spiro atoms. The van der Waals surface area contributed by atoms with Crippen molar-refractivity contribution >= 4 is 16.0 Å². The second-order valence-corrected chi connectivity index (χ2v) is 4.92. The molecule has 0 aromatic rings. The van der Waals surface area contributed by atoms with E-state index in [9.17, 15) is 22.0 Å². The number of carbonyl (C=O) groups excluding carboxylic acids is 1. The molecule has 1 aliphatic rings. The molecule has 0 bridgehead atoms. The Kier molecular flexibility index (Phi) is 3.68. The molecule has 0 aliphatic carbocycles. The van der Waals surface area contributed by atoms with Crippen LogP contribution < -0.4 is 0 Å². The summed E-state index contributed by atoms with van der Waals surface area (Å²) < 4.78 is 55.0. The van der Waals surface area contributed by atoms with Gasteiger partial charge in [-0.3, -0.25) is 14.2 Å². The van der Waals surface area contributed by atoms with Crippen LogP contribution in [0.2, 0.25) is 0 Å². The lowest BCUT2D eigenvalue weighted by atomic mass is 10.1. The fourth-order valence-corrected chi connectivity index (χ4v) is 1.51. The predicted octanol–water partition coefficient (Wildman–Crippen LogP) is 1.36. The number of amides is 1. The standard InChI is InChI=1S/C9H11F2NO4S/c1-2-7-3-5-12(6-4-7)8(13)9(10,11)17(14,15)16/h3-7H,2H2,1H3,(H,14,15,16).